The van der Waals surface area contributed by atoms with Crippen molar-refractivity contribution >= 4 is 21.7 Å². The summed E-state index contributed by atoms with van der Waals surface area (Å²) in [6.07, 6.45) is 0.918. The molecule has 0 radical (unpaired) electrons. The molecule has 1 rings (SSSR count). The summed E-state index contributed by atoms with van der Waals surface area (Å²) in [6, 6.07) is 4.86. The number of nitrogens with two attached hydrogens (primary N) is 1. The van der Waals surface area contributed by atoms with Gasteiger partial charge in [0.05, 0.1) is 9.82 Å². The van der Waals surface area contributed by atoms with Crippen LogP contribution in [-0.2, 0) is 10.0 Å². The second-order valence-corrected chi connectivity index (χ2v) is 7.30. The number of non-ortho nitro benzene ring substituents is 1. The molecule has 1 aromatic rings. The third kappa shape index (κ3) is 6.92. The largest absolute Gasteiger partial charge is 0.370 e. The number of benzene rings is 1. The predicted molar refractivity (Wildman–Crippen MR) is 92.2 cm³/mol. The minimum absolute atomic E-state index is 0.0748. The van der Waals surface area contributed by atoms with E-state index < -0.39 is 14.9 Å². The minimum Gasteiger partial charge on any atom is -0.370 e. The van der Waals surface area contributed by atoms with E-state index in [1.807, 2.05) is 0 Å². The van der Waals surface area contributed by atoms with Crippen LogP contribution in [0.3, 0.4) is 0 Å². The molecule has 0 saturated carbocycles. The Bertz CT molecular complexity index is 688. The Hall–Kier alpha value is -2.20. The van der Waals surface area contributed by atoms with E-state index in [0.29, 0.717) is 12.5 Å². The maximum atomic E-state index is 12.1. The van der Waals surface area contributed by atoms with E-state index in [4.69, 9.17) is 5.73 Å². The molecule has 0 amide bonds. The summed E-state index contributed by atoms with van der Waals surface area (Å²) >= 11 is 0. The molecule has 0 bridgehead atoms. The SMILES string of the molecule is CC(C)CCN=C(N)NCCNS(=O)(=O)c1cccc([N+](=O)[O-])c1. The van der Waals surface area contributed by atoms with E-state index in [9.17, 15) is 18.5 Å². The van der Waals surface area contributed by atoms with Crippen LogP contribution in [0.1, 0.15) is 20.3 Å². The number of sulfonamides is 1. The Morgan fingerprint density at radius 1 is 1.38 bits per heavy atom. The van der Waals surface area contributed by atoms with Gasteiger partial charge in [0.25, 0.3) is 5.69 Å². The van der Waals surface area contributed by atoms with Gasteiger partial charge in [-0.05, 0) is 18.4 Å². The van der Waals surface area contributed by atoms with E-state index >= 15 is 0 Å². The zero-order valence-corrected chi connectivity index (χ0v) is 14.5. The summed E-state index contributed by atoms with van der Waals surface area (Å²) in [5, 5.41) is 13.5. The number of hydrogen-bond acceptors (Lipinski definition) is 5. The van der Waals surface area contributed by atoms with Crippen LogP contribution in [0.2, 0.25) is 0 Å². The van der Waals surface area contributed by atoms with Crippen LogP contribution in [0.5, 0.6) is 0 Å². The zero-order chi connectivity index (χ0) is 18.2. The van der Waals surface area contributed by atoms with E-state index in [1.165, 1.54) is 18.2 Å². The van der Waals surface area contributed by atoms with Crippen LogP contribution in [0.15, 0.2) is 34.2 Å². The number of nitro groups is 1. The molecule has 134 valence electrons. The van der Waals surface area contributed by atoms with Crippen LogP contribution in [0.25, 0.3) is 0 Å². The smallest absolute Gasteiger partial charge is 0.270 e. The van der Waals surface area contributed by atoms with Gasteiger partial charge >= 0.3 is 0 Å². The first-order valence-electron chi connectivity index (χ1n) is 7.50. The lowest BCUT2D eigenvalue weighted by Gasteiger charge is -2.08. The van der Waals surface area contributed by atoms with Crippen molar-refractivity contribution in [3.63, 3.8) is 0 Å². The highest BCUT2D eigenvalue weighted by molar-refractivity contribution is 7.89. The number of nitrogens with zero attached hydrogens (tertiary/aromatic N) is 2. The van der Waals surface area contributed by atoms with Crippen LogP contribution < -0.4 is 15.8 Å². The van der Waals surface area contributed by atoms with Crippen molar-refractivity contribution in [1.82, 2.24) is 10.0 Å². The monoisotopic (exact) mass is 357 g/mol. The van der Waals surface area contributed by atoms with Gasteiger partial charge in [-0.1, -0.05) is 19.9 Å². The maximum Gasteiger partial charge on any atom is 0.270 e. The molecular formula is C14H23N5O4S. The number of guanidine groups is 1. The Balaban J connectivity index is 2.49. The molecule has 0 aliphatic rings. The molecule has 0 spiro atoms. The van der Waals surface area contributed by atoms with Gasteiger partial charge in [-0.2, -0.15) is 0 Å². The molecule has 0 heterocycles. The van der Waals surface area contributed by atoms with Crippen molar-refractivity contribution < 1.29 is 13.3 Å². The standard InChI is InChI=1S/C14H23N5O4S/c1-11(2)6-7-16-14(15)17-8-9-18-24(22,23)13-5-3-4-12(10-13)19(20)21/h3-5,10-11,18H,6-9H2,1-2H3,(H3,15,16,17). The highest BCUT2D eigenvalue weighted by Crippen LogP contribution is 2.16. The fourth-order valence-electron chi connectivity index (χ4n) is 1.72. The van der Waals surface area contributed by atoms with E-state index in [0.717, 1.165) is 12.5 Å². The Morgan fingerprint density at radius 2 is 2.08 bits per heavy atom. The number of aliphatic imine (C=N–C) groups is 1. The first kappa shape index (κ1) is 19.8. The molecule has 1 aromatic carbocycles. The van der Waals surface area contributed by atoms with Gasteiger partial charge in [-0.3, -0.25) is 15.1 Å². The molecule has 0 fully saturated rings. The highest BCUT2D eigenvalue weighted by atomic mass is 32.2. The first-order chi connectivity index (χ1) is 11.2. The lowest BCUT2D eigenvalue weighted by atomic mass is 10.1. The maximum absolute atomic E-state index is 12.1. The normalized spacial score (nSPS) is 12.4. The topological polar surface area (TPSA) is 140 Å². The lowest BCUT2D eigenvalue weighted by molar-refractivity contribution is -0.385. The first-order valence-corrected chi connectivity index (χ1v) is 8.98. The fourth-order valence-corrected chi connectivity index (χ4v) is 2.79. The fraction of sp³-hybridized carbons (Fsp3) is 0.500. The van der Waals surface area contributed by atoms with Gasteiger partial charge < -0.3 is 11.1 Å². The molecule has 0 aliphatic carbocycles. The summed E-state index contributed by atoms with van der Waals surface area (Å²) < 4.78 is 26.5. The van der Waals surface area contributed by atoms with Crippen molar-refractivity contribution in [3.8, 4) is 0 Å². The summed E-state index contributed by atoms with van der Waals surface area (Å²) in [7, 11) is -3.82. The number of nitrogens with one attached hydrogen (secondary N) is 2. The van der Waals surface area contributed by atoms with Crippen LogP contribution >= 0.6 is 0 Å². The molecule has 9 nitrogen and oxygen atoms in total. The zero-order valence-electron chi connectivity index (χ0n) is 13.7. The average molecular weight is 357 g/mol. The summed E-state index contributed by atoms with van der Waals surface area (Å²) in [5.74, 6) is 0.786. The van der Waals surface area contributed by atoms with Crippen molar-refractivity contribution in [3.05, 3.63) is 34.4 Å². The highest BCUT2D eigenvalue weighted by Gasteiger charge is 2.16. The van der Waals surface area contributed by atoms with Gasteiger partial charge in [0.15, 0.2) is 5.96 Å². The molecule has 0 saturated heterocycles. The third-order valence-electron chi connectivity index (χ3n) is 3.05. The molecular weight excluding hydrogens is 334 g/mol. The van der Waals surface area contributed by atoms with Gasteiger partial charge in [0.1, 0.15) is 0 Å². The summed E-state index contributed by atoms with van der Waals surface area (Å²) in [6.45, 7) is 5.11. The van der Waals surface area contributed by atoms with Gasteiger partial charge in [0, 0.05) is 31.8 Å². The molecule has 0 aromatic heterocycles. The van der Waals surface area contributed by atoms with Crippen molar-refractivity contribution in [1.29, 1.82) is 0 Å². The number of nitro benzene ring substituents is 1. The van der Waals surface area contributed by atoms with E-state index in [1.54, 1.807) is 0 Å². The van der Waals surface area contributed by atoms with Crippen molar-refractivity contribution in [2.24, 2.45) is 16.6 Å². The summed E-state index contributed by atoms with van der Waals surface area (Å²) in [4.78, 5) is 14.0. The molecule has 0 aliphatic heterocycles. The number of hydrogen-bond donors (Lipinski definition) is 3. The molecule has 0 unspecified atom stereocenters. The molecule has 0 atom stereocenters. The second kappa shape index (κ2) is 9.18. The number of rotatable bonds is 9. The Kier molecular flexibility index (Phi) is 7.59. The van der Waals surface area contributed by atoms with E-state index in [2.05, 4.69) is 28.9 Å². The van der Waals surface area contributed by atoms with Gasteiger partial charge in [0.2, 0.25) is 10.0 Å². The predicted octanol–water partition coefficient (Wildman–Crippen LogP) is 0.824. The average Bonchev–Trinajstić information content (AvgIpc) is 2.51. The molecule has 24 heavy (non-hydrogen) atoms. The van der Waals surface area contributed by atoms with Gasteiger partial charge in [-0.15, -0.1) is 0 Å². The van der Waals surface area contributed by atoms with E-state index in [-0.39, 0.29) is 29.6 Å². The van der Waals surface area contributed by atoms with Crippen LogP contribution in [-0.4, -0.2) is 38.9 Å². The Morgan fingerprint density at radius 3 is 2.71 bits per heavy atom. The second-order valence-electron chi connectivity index (χ2n) is 5.53. The molecule has 10 heteroatoms. The molecule has 4 N–H and O–H groups in total. The Labute approximate surface area is 141 Å². The van der Waals surface area contributed by atoms with Gasteiger partial charge in [-0.25, -0.2) is 13.1 Å². The quantitative estimate of drug-likeness (QED) is 0.196. The third-order valence-corrected chi connectivity index (χ3v) is 4.51. The van der Waals surface area contributed by atoms with Crippen molar-refractivity contribution in [2.75, 3.05) is 19.6 Å². The lowest BCUT2D eigenvalue weighted by Crippen LogP contribution is -2.38. The van der Waals surface area contributed by atoms with Crippen molar-refractivity contribution in [2.45, 2.75) is 25.2 Å². The van der Waals surface area contributed by atoms with Crippen LogP contribution in [0, 0.1) is 16.0 Å². The summed E-state index contributed by atoms with van der Waals surface area (Å²) in [5.41, 5.74) is 5.38. The minimum atomic E-state index is -3.82. The van der Waals surface area contributed by atoms with Crippen LogP contribution in [0.4, 0.5) is 5.69 Å².